The van der Waals surface area contributed by atoms with Gasteiger partial charge in [0.25, 0.3) is 0 Å². The second-order valence-electron chi connectivity index (χ2n) is 6.32. The van der Waals surface area contributed by atoms with Crippen molar-refractivity contribution in [3.63, 3.8) is 0 Å². The topological polar surface area (TPSA) is 20.3 Å². The fraction of sp³-hybridized carbons (Fsp3) is 0.929. The molecule has 0 aromatic carbocycles. The fourth-order valence-corrected chi connectivity index (χ4v) is 3.80. The van der Waals surface area contributed by atoms with Crippen molar-refractivity contribution in [2.45, 2.75) is 52.0 Å². The van der Waals surface area contributed by atoms with E-state index in [1.165, 1.54) is 32.1 Å². The molecule has 16 heavy (non-hydrogen) atoms. The Morgan fingerprint density at radius 2 is 1.81 bits per heavy atom. The van der Waals surface area contributed by atoms with E-state index in [1.54, 1.807) is 0 Å². The van der Waals surface area contributed by atoms with Crippen LogP contribution in [0.4, 0.5) is 0 Å². The zero-order chi connectivity index (χ0) is 11.3. The maximum absolute atomic E-state index is 12.4. The van der Waals surface area contributed by atoms with Crippen LogP contribution >= 0.6 is 0 Å². The number of amides is 1. The highest BCUT2D eigenvalue weighted by atomic mass is 16.2. The SMILES string of the molecule is CC1CCCN(C(=O)C2CC3CC3C2)C1C. The molecule has 3 rings (SSSR count). The summed E-state index contributed by atoms with van der Waals surface area (Å²) in [5.74, 6) is 3.40. The maximum Gasteiger partial charge on any atom is 0.225 e. The van der Waals surface area contributed by atoms with E-state index in [4.69, 9.17) is 0 Å². The van der Waals surface area contributed by atoms with E-state index in [-0.39, 0.29) is 0 Å². The molecule has 1 aliphatic heterocycles. The van der Waals surface area contributed by atoms with Crippen LogP contribution in [0.3, 0.4) is 0 Å². The van der Waals surface area contributed by atoms with Gasteiger partial charge in [0.15, 0.2) is 0 Å². The lowest BCUT2D eigenvalue weighted by atomic mass is 9.90. The van der Waals surface area contributed by atoms with E-state index < -0.39 is 0 Å². The molecule has 1 heterocycles. The zero-order valence-electron chi connectivity index (χ0n) is 10.5. The zero-order valence-corrected chi connectivity index (χ0v) is 10.5. The van der Waals surface area contributed by atoms with Crippen LogP contribution in [0.25, 0.3) is 0 Å². The van der Waals surface area contributed by atoms with Crippen LogP contribution < -0.4 is 0 Å². The third-order valence-corrected chi connectivity index (χ3v) is 5.25. The Labute approximate surface area is 98.4 Å². The lowest BCUT2D eigenvalue weighted by Gasteiger charge is -2.39. The Bertz CT molecular complexity index is 291. The van der Waals surface area contributed by atoms with E-state index in [1.807, 2.05) is 0 Å². The van der Waals surface area contributed by atoms with Gasteiger partial charge in [0, 0.05) is 18.5 Å². The summed E-state index contributed by atoms with van der Waals surface area (Å²) in [4.78, 5) is 14.6. The molecule has 2 saturated carbocycles. The van der Waals surface area contributed by atoms with Crippen LogP contribution in [0.2, 0.25) is 0 Å². The minimum absolute atomic E-state index is 0.386. The standard InChI is InChI=1S/C14H23NO/c1-9-4-3-5-15(10(9)2)14(16)13-7-11-6-12(11)8-13/h9-13H,3-8H2,1-2H3. The Hall–Kier alpha value is -0.530. The smallest absolute Gasteiger partial charge is 0.225 e. The summed E-state index contributed by atoms with van der Waals surface area (Å²) in [6.45, 7) is 5.53. The summed E-state index contributed by atoms with van der Waals surface area (Å²) >= 11 is 0. The Morgan fingerprint density at radius 1 is 1.12 bits per heavy atom. The molecule has 0 aromatic rings. The number of carbonyl (C=O) groups excluding carboxylic acids is 1. The number of hydrogen-bond donors (Lipinski definition) is 0. The van der Waals surface area contributed by atoms with E-state index in [0.29, 0.717) is 23.8 Å². The molecule has 0 radical (unpaired) electrons. The highest BCUT2D eigenvalue weighted by Gasteiger charge is 2.49. The number of carbonyl (C=O) groups is 1. The third-order valence-electron chi connectivity index (χ3n) is 5.25. The highest BCUT2D eigenvalue weighted by Crippen LogP contribution is 2.54. The van der Waals surface area contributed by atoms with E-state index >= 15 is 0 Å². The first kappa shape index (κ1) is 10.6. The number of likely N-dealkylation sites (tertiary alicyclic amines) is 1. The molecular weight excluding hydrogens is 198 g/mol. The molecule has 4 atom stereocenters. The second kappa shape index (κ2) is 3.75. The van der Waals surface area contributed by atoms with Crippen molar-refractivity contribution in [3.8, 4) is 0 Å². The van der Waals surface area contributed by atoms with Crippen molar-refractivity contribution in [2.24, 2.45) is 23.7 Å². The molecule has 3 fully saturated rings. The molecule has 4 unspecified atom stereocenters. The van der Waals surface area contributed by atoms with Gasteiger partial charge in [0.2, 0.25) is 5.91 Å². The third kappa shape index (κ3) is 1.66. The molecule has 1 amide bonds. The Balaban J connectivity index is 1.64. The number of rotatable bonds is 1. The molecule has 0 bridgehead atoms. The Morgan fingerprint density at radius 3 is 2.50 bits per heavy atom. The van der Waals surface area contributed by atoms with Gasteiger partial charge >= 0.3 is 0 Å². The molecule has 2 aliphatic carbocycles. The van der Waals surface area contributed by atoms with Crippen LogP contribution in [-0.2, 0) is 4.79 Å². The molecule has 0 N–H and O–H groups in total. The monoisotopic (exact) mass is 221 g/mol. The van der Waals surface area contributed by atoms with Crippen LogP contribution in [0, 0.1) is 23.7 Å². The molecular formula is C14H23NO. The van der Waals surface area contributed by atoms with Crippen LogP contribution in [-0.4, -0.2) is 23.4 Å². The van der Waals surface area contributed by atoms with Crippen LogP contribution in [0.5, 0.6) is 0 Å². The first-order chi connectivity index (χ1) is 7.66. The molecule has 0 aromatic heterocycles. The normalized spacial score (nSPS) is 46.6. The number of fused-ring (bicyclic) bond motifs is 1. The largest absolute Gasteiger partial charge is 0.339 e. The lowest BCUT2D eigenvalue weighted by Crippen LogP contribution is -2.48. The summed E-state index contributed by atoms with van der Waals surface area (Å²) in [6.07, 6.45) is 6.30. The summed E-state index contributed by atoms with van der Waals surface area (Å²) < 4.78 is 0. The molecule has 0 spiro atoms. The predicted octanol–water partition coefficient (Wildman–Crippen LogP) is 2.68. The predicted molar refractivity (Wildman–Crippen MR) is 63.9 cm³/mol. The summed E-state index contributed by atoms with van der Waals surface area (Å²) in [5.41, 5.74) is 0. The van der Waals surface area contributed by atoms with E-state index in [2.05, 4.69) is 18.7 Å². The van der Waals surface area contributed by atoms with Gasteiger partial charge in [0.1, 0.15) is 0 Å². The minimum atomic E-state index is 0.386. The molecule has 90 valence electrons. The summed E-state index contributed by atoms with van der Waals surface area (Å²) in [7, 11) is 0. The van der Waals surface area contributed by atoms with Crippen molar-refractivity contribution in [2.75, 3.05) is 6.54 Å². The maximum atomic E-state index is 12.4. The van der Waals surface area contributed by atoms with Gasteiger partial charge in [-0.2, -0.15) is 0 Å². The first-order valence-electron chi connectivity index (χ1n) is 6.97. The van der Waals surface area contributed by atoms with Gasteiger partial charge in [-0.05, 0) is 56.8 Å². The van der Waals surface area contributed by atoms with Gasteiger partial charge in [-0.25, -0.2) is 0 Å². The summed E-state index contributed by atoms with van der Waals surface area (Å²) in [5, 5.41) is 0. The van der Waals surface area contributed by atoms with Crippen molar-refractivity contribution < 1.29 is 4.79 Å². The van der Waals surface area contributed by atoms with Crippen molar-refractivity contribution >= 4 is 5.91 Å². The minimum Gasteiger partial charge on any atom is -0.339 e. The number of hydrogen-bond acceptors (Lipinski definition) is 1. The lowest BCUT2D eigenvalue weighted by molar-refractivity contribution is -0.140. The van der Waals surface area contributed by atoms with E-state index in [0.717, 1.165) is 18.4 Å². The molecule has 2 nitrogen and oxygen atoms in total. The number of piperidine rings is 1. The van der Waals surface area contributed by atoms with Gasteiger partial charge < -0.3 is 4.90 Å². The van der Waals surface area contributed by atoms with Crippen molar-refractivity contribution in [3.05, 3.63) is 0 Å². The van der Waals surface area contributed by atoms with E-state index in [9.17, 15) is 4.79 Å². The van der Waals surface area contributed by atoms with Crippen molar-refractivity contribution in [1.82, 2.24) is 4.90 Å². The van der Waals surface area contributed by atoms with Crippen LogP contribution in [0.1, 0.15) is 46.0 Å². The van der Waals surface area contributed by atoms with Crippen molar-refractivity contribution in [1.29, 1.82) is 0 Å². The molecule has 2 heteroatoms. The van der Waals surface area contributed by atoms with Gasteiger partial charge in [-0.15, -0.1) is 0 Å². The fourth-order valence-electron chi connectivity index (χ4n) is 3.80. The van der Waals surface area contributed by atoms with Gasteiger partial charge in [0.05, 0.1) is 0 Å². The quantitative estimate of drug-likeness (QED) is 0.666. The Kier molecular flexibility index (Phi) is 2.49. The summed E-state index contributed by atoms with van der Waals surface area (Å²) in [6, 6.07) is 0.471. The van der Waals surface area contributed by atoms with Crippen LogP contribution in [0.15, 0.2) is 0 Å². The highest BCUT2D eigenvalue weighted by molar-refractivity contribution is 5.79. The van der Waals surface area contributed by atoms with Gasteiger partial charge in [-0.3, -0.25) is 4.79 Å². The molecule has 1 saturated heterocycles. The number of nitrogens with zero attached hydrogens (tertiary/aromatic N) is 1. The van der Waals surface area contributed by atoms with Gasteiger partial charge in [-0.1, -0.05) is 6.92 Å². The first-order valence-corrected chi connectivity index (χ1v) is 6.97. The second-order valence-corrected chi connectivity index (χ2v) is 6.32. The molecule has 3 aliphatic rings. The average Bonchev–Trinajstić information content (AvgIpc) is 2.89. The average molecular weight is 221 g/mol.